The number of pyridine rings is 2. The number of halogens is 2. The zero-order valence-electron chi connectivity index (χ0n) is 84.8. The molecule has 4 aliphatic rings. The van der Waals surface area contributed by atoms with Crippen LogP contribution in [0.4, 0.5) is 8.78 Å². The predicted molar refractivity (Wildman–Crippen MR) is 582 cm³/mol. The number of amides is 2. The summed E-state index contributed by atoms with van der Waals surface area (Å²) >= 11 is 0. The van der Waals surface area contributed by atoms with E-state index in [1.807, 2.05) is 215 Å². The van der Waals surface area contributed by atoms with E-state index < -0.39 is 5.82 Å². The molecular weight excluding hydrogens is 1890 g/mol. The van der Waals surface area contributed by atoms with Crippen LogP contribution in [0.15, 0.2) is 328 Å². The number of aryl methyl sites for hydroxylation is 8. The zero-order chi connectivity index (χ0) is 106. The van der Waals surface area contributed by atoms with Crippen LogP contribution < -0.4 is 20.1 Å². The summed E-state index contributed by atoms with van der Waals surface area (Å²) in [5, 5.41) is 52.9. The third-order valence-electron chi connectivity index (χ3n) is 26.7. The zero-order valence-corrected chi connectivity index (χ0v) is 84.8. The number of phenols is 5. The van der Waals surface area contributed by atoms with E-state index in [0.29, 0.717) is 66.8 Å². The fraction of sp³-hybridized carbons (Fsp3) is 0.195. The van der Waals surface area contributed by atoms with Gasteiger partial charge >= 0.3 is 0 Å². The van der Waals surface area contributed by atoms with Gasteiger partial charge in [-0.05, 0) is 289 Å². The first-order valence-electron chi connectivity index (χ1n) is 50.1. The number of ketones is 7. The Kier molecular flexibility index (Phi) is 37.5. The van der Waals surface area contributed by atoms with Crippen molar-refractivity contribution in [1.29, 1.82) is 0 Å². The van der Waals surface area contributed by atoms with Crippen LogP contribution in [0.25, 0.3) is 77.9 Å². The third-order valence-corrected chi connectivity index (χ3v) is 26.7. The SMILES string of the molecule is CCc1cc(-c2ccc(O)cc2)ccc1C(=O)CCC(=O)NCc1cccnc1.CCc1cc(-c2ccc(OC)cc2)ccc1C(=O)CCC(=O)NCc1cccnc1.CCc1cc(-c2ccc3c(c2)CCC3=O)ccc1O.CCc1cccc(-c2ccc(O)c(C(C)=O)c2)c1.COc1ccc(-c2ccc3c(c2)CCC3=O)cc1F.O=C1CCc2cc(-c3ccc(O)c(F)c3)ccc21.O=C1CCc2cc(-c3ccc(O)cc3)ccc21. The van der Waals surface area contributed by atoms with E-state index in [9.17, 15) is 72.4 Å². The van der Waals surface area contributed by atoms with Gasteiger partial charge in [0.1, 0.15) is 28.7 Å². The molecule has 0 aliphatic heterocycles. The van der Waals surface area contributed by atoms with Crippen molar-refractivity contribution in [2.24, 2.45) is 0 Å². The van der Waals surface area contributed by atoms with E-state index in [1.165, 1.54) is 37.8 Å². The Balaban J connectivity index is 0.000000139. The molecular formula is C128H118F2N4O16. The van der Waals surface area contributed by atoms with Gasteiger partial charge in [-0.3, -0.25) is 53.1 Å². The van der Waals surface area contributed by atoms with Crippen LogP contribution in [0.1, 0.15) is 214 Å². The van der Waals surface area contributed by atoms with Gasteiger partial charge in [0, 0.05) is 123 Å². The van der Waals surface area contributed by atoms with Crippen molar-refractivity contribution in [2.45, 2.75) is 150 Å². The first-order chi connectivity index (χ1) is 72.5. The van der Waals surface area contributed by atoms with E-state index in [1.54, 1.807) is 92.6 Å². The van der Waals surface area contributed by atoms with E-state index in [0.717, 1.165) is 202 Å². The molecule has 16 aromatic rings. The second-order valence-corrected chi connectivity index (χ2v) is 36.6. The van der Waals surface area contributed by atoms with Gasteiger partial charge in [0.05, 0.1) is 19.8 Å². The smallest absolute Gasteiger partial charge is 0.220 e. The van der Waals surface area contributed by atoms with Crippen molar-refractivity contribution in [3.8, 4) is 118 Å². The number of carbonyl (C=O) groups is 9. The Labute approximate surface area is 871 Å². The summed E-state index contributed by atoms with van der Waals surface area (Å²) in [4.78, 5) is 115. The number of carbonyl (C=O) groups excluding carboxylic acids is 9. The first-order valence-corrected chi connectivity index (χ1v) is 50.1. The Morgan fingerprint density at radius 1 is 0.307 bits per heavy atom. The maximum absolute atomic E-state index is 13.7. The van der Waals surface area contributed by atoms with Crippen molar-refractivity contribution in [3.05, 3.63) is 434 Å². The minimum absolute atomic E-state index is 0.00958. The number of Topliss-reactive ketones (excluding diaryl/α,β-unsaturated/α-hetero) is 7. The minimum Gasteiger partial charge on any atom is -0.508 e. The highest BCUT2D eigenvalue weighted by Crippen LogP contribution is 2.38. The number of benzene rings is 14. The highest BCUT2D eigenvalue weighted by atomic mass is 19.1. The van der Waals surface area contributed by atoms with E-state index in [-0.39, 0.29) is 113 Å². The molecule has 150 heavy (non-hydrogen) atoms. The normalized spacial score (nSPS) is 12.0. The second kappa shape index (κ2) is 52.0. The fourth-order valence-electron chi connectivity index (χ4n) is 18.2. The van der Waals surface area contributed by atoms with Gasteiger partial charge in [0.25, 0.3) is 0 Å². The topological polar surface area (TPSA) is 323 Å². The average Bonchev–Trinajstić information content (AvgIpc) is 1.14. The van der Waals surface area contributed by atoms with Gasteiger partial charge < -0.3 is 45.6 Å². The van der Waals surface area contributed by atoms with Gasteiger partial charge in [0.15, 0.2) is 63.6 Å². The molecule has 4 aliphatic carbocycles. The minimum atomic E-state index is -0.635. The van der Waals surface area contributed by atoms with Crippen LogP contribution in [0.2, 0.25) is 0 Å². The number of hydrogen-bond acceptors (Lipinski definition) is 18. The number of fused-ring (bicyclic) bond motifs is 4. The number of hydrogen-bond donors (Lipinski definition) is 7. The summed E-state index contributed by atoms with van der Waals surface area (Å²) in [5.41, 5.74) is 29.2. The predicted octanol–water partition coefficient (Wildman–Crippen LogP) is 26.6. The molecule has 2 amide bonds. The number of rotatable bonds is 26. The van der Waals surface area contributed by atoms with Crippen molar-refractivity contribution < 1.29 is 86.9 Å². The molecule has 20 nitrogen and oxygen atoms in total. The molecule has 0 radical (unpaired) electrons. The van der Waals surface area contributed by atoms with Crippen molar-refractivity contribution in [1.82, 2.24) is 20.6 Å². The molecule has 2 aromatic heterocycles. The maximum atomic E-state index is 13.7. The molecule has 0 unspecified atom stereocenters. The summed E-state index contributed by atoms with van der Waals surface area (Å²) in [6.45, 7) is 10.5. The van der Waals surface area contributed by atoms with Gasteiger partial charge in [-0.25, -0.2) is 8.78 Å². The molecule has 7 N–H and O–H groups in total. The van der Waals surface area contributed by atoms with E-state index in [4.69, 9.17) is 14.6 Å². The average molecular weight is 2010 g/mol. The van der Waals surface area contributed by atoms with Gasteiger partial charge in [-0.2, -0.15) is 0 Å². The monoisotopic (exact) mass is 2000 g/mol. The second-order valence-electron chi connectivity index (χ2n) is 36.6. The Morgan fingerprint density at radius 2 is 0.647 bits per heavy atom. The van der Waals surface area contributed by atoms with Gasteiger partial charge in [-0.15, -0.1) is 0 Å². The third kappa shape index (κ3) is 28.6. The lowest BCUT2D eigenvalue weighted by atomic mass is 9.94. The summed E-state index contributed by atoms with van der Waals surface area (Å²) in [5.74, 6) is 0.972. The number of nitrogens with one attached hydrogen (secondary N) is 2. The maximum Gasteiger partial charge on any atom is 0.220 e. The molecule has 0 bridgehead atoms. The molecule has 0 fully saturated rings. The van der Waals surface area contributed by atoms with Crippen LogP contribution >= 0.6 is 0 Å². The first kappa shape index (κ1) is 108. The highest BCUT2D eigenvalue weighted by Gasteiger charge is 2.26. The van der Waals surface area contributed by atoms with Gasteiger partial charge in [-0.1, -0.05) is 234 Å². The lowest BCUT2D eigenvalue weighted by Gasteiger charge is -2.11. The molecule has 2 heterocycles. The van der Waals surface area contributed by atoms with Crippen LogP contribution in [-0.4, -0.2) is 102 Å². The molecule has 20 rings (SSSR count). The van der Waals surface area contributed by atoms with E-state index in [2.05, 4.69) is 57.9 Å². The van der Waals surface area contributed by atoms with E-state index >= 15 is 0 Å². The molecule has 22 heteroatoms. The summed E-state index contributed by atoms with van der Waals surface area (Å²) < 4.78 is 37.1. The Morgan fingerprint density at radius 3 is 1.03 bits per heavy atom. The Bertz CT molecular complexity index is 7620. The lowest BCUT2D eigenvalue weighted by Crippen LogP contribution is -2.23. The largest absolute Gasteiger partial charge is 0.508 e. The highest BCUT2D eigenvalue weighted by molar-refractivity contribution is 6.05. The van der Waals surface area contributed by atoms with Crippen LogP contribution in [0, 0.1) is 11.6 Å². The summed E-state index contributed by atoms with van der Waals surface area (Å²) in [6.07, 6.45) is 16.4. The molecule has 0 saturated heterocycles. The quantitative estimate of drug-likeness (QED) is 0.0248. The summed E-state index contributed by atoms with van der Waals surface area (Å²) in [7, 11) is 3.09. The van der Waals surface area contributed by atoms with Crippen LogP contribution in [0.5, 0.6) is 40.2 Å². The molecule has 0 spiro atoms. The summed E-state index contributed by atoms with van der Waals surface area (Å²) in [6, 6.07) is 92.4. The molecule has 0 atom stereocenters. The van der Waals surface area contributed by atoms with Gasteiger partial charge in [0.2, 0.25) is 11.8 Å². The van der Waals surface area contributed by atoms with Crippen molar-refractivity contribution in [2.75, 3.05) is 14.2 Å². The standard InChI is InChI=1S/C25H26N2O3.C24H24N2O3.C17H16O2.C16H13FO2.C16H16O2.C15H11FO2.C15H12O2/c1-3-19-15-21(20-6-9-22(30-2)10-7-20)8-11-23(19)24(28)12-13-25(29)27-17-18-5-4-14-26-16-18;1-2-18-14-20(19-5-8-21(27)9-6-19)7-10-22(18)23(28)11-12-24(29)26-16-17-4-3-13-25-15-17;1-2-11-9-13(4-7-16(11)18)12-3-6-15-14(10-12)5-8-17(15)19;1-19-16-7-4-11(9-14(16)17)10-2-5-13-12(8-10)3-6-15(13)18;1-3-12-5-4-6-13(9-12)14-7-8-16(18)15(10-14)11(2)17;16-13-8-10(2-6-15(13)18)9-1-4-12-11(7-9)3-5-14(12)17;16-13-5-1-10(2-6-13)11-3-7-14-12(9-11)4-8-15(14)17/h4-11,14-16H,3,12-13,17H2,1-2H3,(H,27,29);3-10,13-15,27H,2,11-12,16H2,1H3,(H,26,29);3-4,6-7,9-10,18H,2,5,8H2,1H3;2,4-5,7-9H,3,6H2,1H3;4-10,18H,3H2,1-2H3;1-2,4,6-8,18H,3,5H2;1-3,5-7,9,16H,4,8H2. The van der Waals surface area contributed by atoms with Crippen LogP contribution in [0.3, 0.4) is 0 Å². The number of aromatic nitrogens is 2. The number of methoxy groups -OCH3 is 2. The van der Waals surface area contributed by atoms with Crippen LogP contribution in [-0.2, 0) is 74.0 Å². The number of phenolic OH excluding ortho intramolecular Hbond substituents is 5. The Hall–Kier alpha value is -17.5. The number of ether oxygens (including phenoxy) is 2. The number of nitrogens with zero attached hydrogens (tertiary/aromatic N) is 2. The molecule has 0 saturated carbocycles. The molecule has 14 aromatic carbocycles. The number of aromatic hydroxyl groups is 5. The fourth-order valence-corrected chi connectivity index (χ4v) is 18.2. The van der Waals surface area contributed by atoms with Crippen molar-refractivity contribution >= 4 is 52.3 Å². The molecule has 760 valence electrons. The lowest BCUT2D eigenvalue weighted by molar-refractivity contribution is -0.122. The van der Waals surface area contributed by atoms with Crippen molar-refractivity contribution in [3.63, 3.8) is 0 Å².